The molecule has 1 saturated heterocycles. The second-order valence-electron chi connectivity index (χ2n) is 4.75. The molecule has 0 spiro atoms. The Bertz CT molecular complexity index is 647. The van der Waals surface area contributed by atoms with Crippen LogP contribution in [0.3, 0.4) is 0 Å². The minimum absolute atomic E-state index is 0. The standard InChI is InChI=1S/C13H11N3O4.C2H6.H2/c17-10-2-1-9(12(19)15-10)16-11(18)5-7-3-4-14-6-8(7)13(16)20;1-2;/h3-4,6,9H,1-2,5H2,(H,15,17,19);1-2H3;1H. The average molecular weight is 305 g/mol. The highest BCUT2D eigenvalue weighted by Gasteiger charge is 2.41. The van der Waals surface area contributed by atoms with Crippen LogP contribution in [0.25, 0.3) is 0 Å². The number of amides is 4. The van der Waals surface area contributed by atoms with E-state index in [2.05, 4.69) is 10.3 Å². The number of nitrogens with one attached hydrogen (secondary N) is 1. The molecule has 2 aliphatic rings. The van der Waals surface area contributed by atoms with Crippen LogP contribution in [0, 0.1) is 0 Å². The summed E-state index contributed by atoms with van der Waals surface area (Å²) in [6.45, 7) is 4.00. The minimum atomic E-state index is -0.916. The van der Waals surface area contributed by atoms with Crippen LogP contribution in [-0.2, 0) is 20.8 Å². The Morgan fingerprint density at radius 2 is 2.00 bits per heavy atom. The Morgan fingerprint density at radius 1 is 1.27 bits per heavy atom. The van der Waals surface area contributed by atoms with Gasteiger partial charge in [0.1, 0.15) is 6.04 Å². The molecule has 0 saturated carbocycles. The van der Waals surface area contributed by atoms with Gasteiger partial charge in [0.05, 0.1) is 12.0 Å². The first kappa shape index (κ1) is 15.8. The fourth-order valence-corrected chi connectivity index (χ4v) is 2.50. The number of aromatic nitrogens is 1. The summed E-state index contributed by atoms with van der Waals surface area (Å²) < 4.78 is 0. The minimum Gasteiger partial charge on any atom is -0.295 e. The van der Waals surface area contributed by atoms with Gasteiger partial charge in [0.25, 0.3) is 5.91 Å². The normalized spacial score (nSPS) is 20.8. The van der Waals surface area contributed by atoms with Gasteiger partial charge >= 0.3 is 0 Å². The van der Waals surface area contributed by atoms with E-state index in [1.807, 2.05) is 13.8 Å². The molecule has 1 atom stereocenters. The molecular weight excluding hydrogens is 286 g/mol. The van der Waals surface area contributed by atoms with Gasteiger partial charge in [0, 0.05) is 20.2 Å². The number of piperidine rings is 1. The van der Waals surface area contributed by atoms with Crippen molar-refractivity contribution in [3.8, 4) is 0 Å². The van der Waals surface area contributed by atoms with Crippen LogP contribution in [0.1, 0.15) is 44.0 Å². The third kappa shape index (κ3) is 2.74. The van der Waals surface area contributed by atoms with E-state index in [0.29, 0.717) is 11.1 Å². The van der Waals surface area contributed by atoms with Crippen LogP contribution >= 0.6 is 0 Å². The maximum Gasteiger partial charge on any atom is 0.263 e. The number of carbonyl (C=O) groups is 4. The van der Waals surface area contributed by atoms with Gasteiger partial charge in [0.15, 0.2) is 0 Å². The lowest BCUT2D eigenvalue weighted by molar-refractivity contribution is -0.143. The summed E-state index contributed by atoms with van der Waals surface area (Å²) in [7, 11) is 0. The summed E-state index contributed by atoms with van der Waals surface area (Å²) in [4.78, 5) is 52.2. The first-order valence-electron chi connectivity index (χ1n) is 7.21. The fraction of sp³-hybridized carbons (Fsp3) is 0.400. The molecule has 0 aromatic carbocycles. The summed E-state index contributed by atoms with van der Waals surface area (Å²) in [6, 6.07) is 0.702. The predicted molar refractivity (Wildman–Crippen MR) is 78.8 cm³/mol. The van der Waals surface area contributed by atoms with Crippen molar-refractivity contribution in [3.63, 3.8) is 0 Å². The highest BCUT2D eigenvalue weighted by Crippen LogP contribution is 2.23. The summed E-state index contributed by atoms with van der Waals surface area (Å²) in [5.41, 5.74) is 0.940. The third-order valence-corrected chi connectivity index (χ3v) is 3.49. The second kappa shape index (κ2) is 6.46. The smallest absolute Gasteiger partial charge is 0.263 e. The van der Waals surface area contributed by atoms with E-state index in [9.17, 15) is 19.2 Å². The number of pyridine rings is 1. The molecule has 1 aromatic heterocycles. The Kier molecular flexibility index (Phi) is 4.65. The molecule has 4 amide bonds. The zero-order valence-corrected chi connectivity index (χ0v) is 12.5. The number of imide groups is 2. The number of hydrogen-bond acceptors (Lipinski definition) is 5. The van der Waals surface area contributed by atoms with Crippen molar-refractivity contribution in [2.24, 2.45) is 0 Å². The highest BCUT2D eigenvalue weighted by atomic mass is 16.2. The molecule has 7 nitrogen and oxygen atoms in total. The monoisotopic (exact) mass is 305 g/mol. The Hall–Kier alpha value is -2.57. The predicted octanol–water partition coefficient (Wildman–Crippen LogP) is 0.684. The lowest BCUT2D eigenvalue weighted by atomic mass is 9.96. The molecular formula is C15H19N3O4. The molecule has 1 unspecified atom stereocenters. The molecule has 0 radical (unpaired) electrons. The first-order valence-corrected chi connectivity index (χ1v) is 7.21. The third-order valence-electron chi connectivity index (χ3n) is 3.49. The average Bonchev–Trinajstić information content (AvgIpc) is 2.51. The van der Waals surface area contributed by atoms with Crippen molar-refractivity contribution in [2.75, 3.05) is 0 Å². The molecule has 3 rings (SSSR count). The van der Waals surface area contributed by atoms with E-state index in [1.54, 1.807) is 6.07 Å². The van der Waals surface area contributed by atoms with Gasteiger partial charge in [-0.15, -0.1) is 0 Å². The molecule has 1 fully saturated rings. The number of hydrogen-bond donors (Lipinski definition) is 1. The number of fused-ring (bicyclic) bond motifs is 1. The highest BCUT2D eigenvalue weighted by molar-refractivity contribution is 6.13. The van der Waals surface area contributed by atoms with Gasteiger partial charge in [-0.1, -0.05) is 13.8 Å². The molecule has 1 N–H and O–H groups in total. The maximum absolute atomic E-state index is 12.4. The lowest BCUT2D eigenvalue weighted by Gasteiger charge is -2.34. The van der Waals surface area contributed by atoms with E-state index in [1.165, 1.54) is 12.4 Å². The Balaban J connectivity index is 0.000000849. The van der Waals surface area contributed by atoms with Crippen LogP contribution in [0.2, 0.25) is 0 Å². The topological polar surface area (TPSA) is 96.4 Å². The van der Waals surface area contributed by atoms with Gasteiger partial charge in [-0.2, -0.15) is 0 Å². The molecule has 2 aliphatic heterocycles. The molecule has 0 aliphatic carbocycles. The van der Waals surface area contributed by atoms with Crippen LogP contribution in [-0.4, -0.2) is 39.6 Å². The van der Waals surface area contributed by atoms with E-state index >= 15 is 0 Å². The largest absolute Gasteiger partial charge is 0.295 e. The maximum atomic E-state index is 12.4. The van der Waals surface area contributed by atoms with Gasteiger partial charge in [-0.05, 0) is 18.1 Å². The second-order valence-corrected chi connectivity index (χ2v) is 4.75. The van der Waals surface area contributed by atoms with Crippen molar-refractivity contribution < 1.29 is 20.6 Å². The number of nitrogens with zero attached hydrogens (tertiary/aromatic N) is 2. The number of rotatable bonds is 1. The van der Waals surface area contributed by atoms with E-state index in [0.717, 1.165) is 4.90 Å². The molecule has 1 aromatic rings. The van der Waals surface area contributed by atoms with E-state index in [-0.39, 0.29) is 26.6 Å². The molecule has 118 valence electrons. The van der Waals surface area contributed by atoms with Crippen molar-refractivity contribution in [1.82, 2.24) is 15.2 Å². The van der Waals surface area contributed by atoms with Crippen LogP contribution in [0.5, 0.6) is 0 Å². The fourth-order valence-electron chi connectivity index (χ4n) is 2.50. The molecule has 3 heterocycles. The van der Waals surface area contributed by atoms with Crippen LogP contribution in [0.15, 0.2) is 18.5 Å². The molecule has 7 heteroatoms. The Labute approximate surface area is 129 Å². The summed E-state index contributed by atoms with van der Waals surface area (Å²) in [6.07, 6.45) is 3.25. The lowest BCUT2D eigenvalue weighted by Crippen LogP contribution is -2.57. The van der Waals surface area contributed by atoms with E-state index < -0.39 is 23.8 Å². The summed E-state index contributed by atoms with van der Waals surface area (Å²) >= 11 is 0. The summed E-state index contributed by atoms with van der Waals surface area (Å²) in [5, 5.41) is 2.15. The molecule has 0 bridgehead atoms. The van der Waals surface area contributed by atoms with Gasteiger partial charge in [-0.3, -0.25) is 34.4 Å². The van der Waals surface area contributed by atoms with Crippen molar-refractivity contribution in [1.29, 1.82) is 0 Å². The van der Waals surface area contributed by atoms with Gasteiger partial charge < -0.3 is 0 Å². The van der Waals surface area contributed by atoms with Crippen LogP contribution in [0.4, 0.5) is 0 Å². The van der Waals surface area contributed by atoms with Crippen molar-refractivity contribution in [3.05, 3.63) is 29.6 Å². The first-order chi connectivity index (χ1) is 10.6. The van der Waals surface area contributed by atoms with Gasteiger partial charge in [-0.25, -0.2) is 0 Å². The van der Waals surface area contributed by atoms with Crippen LogP contribution < -0.4 is 5.32 Å². The quantitative estimate of drug-likeness (QED) is 0.770. The van der Waals surface area contributed by atoms with E-state index in [4.69, 9.17) is 0 Å². The Morgan fingerprint density at radius 3 is 2.68 bits per heavy atom. The van der Waals surface area contributed by atoms with Crippen molar-refractivity contribution >= 4 is 23.6 Å². The molecule has 22 heavy (non-hydrogen) atoms. The van der Waals surface area contributed by atoms with Gasteiger partial charge in [0.2, 0.25) is 17.7 Å². The van der Waals surface area contributed by atoms with Crippen molar-refractivity contribution in [2.45, 2.75) is 39.2 Å². The zero-order chi connectivity index (χ0) is 16.3. The SMILES string of the molecule is CC.O=C1CCC(N2C(=O)Cc3ccncc3C2=O)C(=O)N1.[HH]. The summed E-state index contributed by atoms with van der Waals surface area (Å²) in [5.74, 6) is -1.94. The number of carbonyl (C=O) groups excluding carboxylic acids is 4. The zero-order valence-electron chi connectivity index (χ0n) is 12.5.